The van der Waals surface area contributed by atoms with Crippen LogP contribution in [0.2, 0.25) is 5.02 Å². The number of carbonyl (C=O) groups is 3. The first kappa shape index (κ1) is 24.7. The fourth-order valence-electron chi connectivity index (χ4n) is 5.23. The predicted octanol–water partition coefficient (Wildman–Crippen LogP) is 2.36. The molecule has 1 aromatic carbocycles. The van der Waals surface area contributed by atoms with Gasteiger partial charge in [-0.2, -0.15) is 13.2 Å². The fourth-order valence-corrected chi connectivity index (χ4v) is 5.46. The Morgan fingerprint density at radius 3 is 2.47 bits per heavy atom. The van der Waals surface area contributed by atoms with Gasteiger partial charge in [0.1, 0.15) is 6.29 Å². The highest BCUT2D eigenvalue weighted by molar-refractivity contribution is 6.31. The second-order valence-corrected chi connectivity index (χ2v) is 9.95. The van der Waals surface area contributed by atoms with Crippen molar-refractivity contribution in [1.82, 2.24) is 20.9 Å². The lowest BCUT2D eigenvalue weighted by Crippen LogP contribution is -2.75. The van der Waals surface area contributed by atoms with E-state index in [0.717, 1.165) is 31.6 Å². The fraction of sp³-hybridized carbons (Fsp3) is 0.591. The number of nitrogens with zero attached hydrogens (tertiary/aromatic N) is 1. The number of rotatable bonds is 3. The van der Waals surface area contributed by atoms with Crippen molar-refractivity contribution in [3.63, 3.8) is 0 Å². The Balaban J connectivity index is 1.50. The van der Waals surface area contributed by atoms with Crippen molar-refractivity contribution in [2.45, 2.75) is 45.3 Å². The summed E-state index contributed by atoms with van der Waals surface area (Å²) in [5.74, 6) is -2.61. The Hall–Kier alpha value is -2.37. The van der Waals surface area contributed by atoms with Crippen LogP contribution in [0.25, 0.3) is 0 Å². The van der Waals surface area contributed by atoms with Gasteiger partial charge in [0.05, 0.1) is 28.6 Å². The number of amides is 3. The molecule has 8 nitrogen and oxygen atoms in total. The number of carbonyl (C=O) groups excluding carboxylic acids is 3. The van der Waals surface area contributed by atoms with Crippen molar-refractivity contribution in [1.29, 1.82) is 0 Å². The van der Waals surface area contributed by atoms with Crippen LogP contribution in [0.5, 0.6) is 0 Å². The maximum Gasteiger partial charge on any atom is 0.417 e. The molecule has 3 aliphatic rings. The molecule has 1 aromatic rings. The molecule has 0 aromatic heterocycles. The number of benzene rings is 1. The molecule has 186 valence electrons. The second kappa shape index (κ2) is 9.35. The van der Waals surface area contributed by atoms with Gasteiger partial charge in [-0.05, 0) is 36.5 Å². The summed E-state index contributed by atoms with van der Waals surface area (Å²) in [5, 5.41) is 10.8. The monoisotopic (exact) mass is 501 g/mol. The molecule has 3 amide bonds. The third kappa shape index (κ3) is 5.16. The molecule has 0 spiro atoms. The lowest BCUT2D eigenvalue weighted by Gasteiger charge is -2.48. The highest BCUT2D eigenvalue weighted by Gasteiger charge is 2.49. The van der Waals surface area contributed by atoms with E-state index >= 15 is 0 Å². The predicted molar refractivity (Wildman–Crippen MR) is 118 cm³/mol. The summed E-state index contributed by atoms with van der Waals surface area (Å²) in [6.45, 7) is 5.82. The van der Waals surface area contributed by atoms with E-state index in [1.165, 1.54) is 6.07 Å². The molecule has 3 aliphatic heterocycles. The molecule has 0 bridgehead atoms. The first-order chi connectivity index (χ1) is 15.9. The van der Waals surface area contributed by atoms with Gasteiger partial charge in [-0.25, -0.2) is 0 Å². The summed E-state index contributed by atoms with van der Waals surface area (Å²) in [5.41, 5.74) is -1.21. The van der Waals surface area contributed by atoms with Crippen LogP contribution in [0.15, 0.2) is 18.2 Å². The lowest BCUT2D eigenvalue weighted by atomic mass is 9.80. The van der Waals surface area contributed by atoms with Gasteiger partial charge in [0.25, 0.3) is 0 Å². The smallest absolute Gasteiger partial charge is 0.340 e. The first-order valence-electron chi connectivity index (χ1n) is 11.2. The van der Waals surface area contributed by atoms with Gasteiger partial charge in [0.15, 0.2) is 0 Å². The van der Waals surface area contributed by atoms with E-state index in [4.69, 9.17) is 11.6 Å². The summed E-state index contributed by atoms with van der Waals surface area (Å²) in [7, 11) is 0. The van der Waals surface area contributed by atoms with Gasteiger partial charge < -0.3 is 16.0 Å². The quantitative estimate of drug-likeness (QED) is 0.509. The molecular weight excluding hydrogens is 475 g/mol. The Bertz CT molecular complexity index is 981. The van der Waals surface area contributed by atoms with Crippen LogP contribution in [-0.2, 0) is 20.6 Å². The summed E-state index contributed by atoms with van der Waals surface area (Å²) < 4.78 is 39.5. The Morgan fingerprint density at radius 1 is 1.15 bits per heavy atom. The maximum atomic E-state index is 13.2. The van der Waals surface area contributed by atoms with Crippen molar-refractivity contribution >= 4 is 35.0 Å². The van der Waals surface area contributed by atoms with Gasteiger partial charge in [0.2, 0.25) is 17.7 Å². The molecule has 0 saturated carbocycles. The first-order valence-corrected chi connectivity index (χ1v) is 11.6. The van der Waals surface area contributed by atoms with Crippen molar-refractivity contribution in [2.75, 3.05) is 18.4 Å². The van der Waals surface area contributed by atoms with Crippen LogP contribution in [0.4, 0.5) is 18.9 Å². The largest absolute Gasteiger partial charge is 0.417 e. The highest BCUT2D eigenvalue weighted by Crippen LogP contribution is 2.37. The molecule has 3 fully saturated rings. The number of fused-ring (bicyclic) bond motifs is 1. The zero-order valence-corrected chi connectivity index (χ0v) is 19.5. The third-order valence-corrected chi connectivity index (χ3v) is 6.90. The topological polar surface area (TPSA) is 103 Å². The van der Waals surface area contributed by atoms with Crippen LogP contribution in [-0.4, -0.2) is 48.2 Å². The van der Waals surface area contributed by atoms with E-state index in [-0.39, 0.29) is 12.1 Å². The summed E-state index contributed by atoms with van der Waals surface area (Å²) in [6.07, 6.45) is -5.14. The maximum absolute atomic E-state index is 13.2. The van der Waals surface area contributed by atoms with Gasteiger partial charge in [-0.15, -0.1) is 0 Å². The number of alkyl halides is 3. The van der Waals surface area contributed by atoms with Gasteiger partial charge >= 0.3 is 6.18 Å². The van der Waals surface area contributed by atoms with Crippen LogP contribution >= 0.6 is 11.6 Å². The van der Waals surface area contributed by atoms with Crippen LogP contribution in [0.3, 0.4) is 0 Å². The van der Waals surface area contributed by atoms with Crippen LogP contribution in [0, 0.1) is 23.7 Å². The zero-order valence-electron chi connectivity index (χ0n) is 18.7. The van der Waals surface area contributed by atoms with Crippen molar-refractivity contribution in [2.24, 2.45) is 23.7 Å². The Morgan fingerprint density at radius 2 is 1.82 bits per heavy atom. The average molecular weight is 502 g/mol. The van der Waals surface area contributed by atoms with E-state index in [1.54, 1.807) is 0 Å². The number of piperidine rings is 2. The van der Waals surface area contributed by atoms with E-state index in [9.17, 15) is 27.6 Å². The average Bonchev–Trinajstić information content (AvgIpc) is 2.72. The standard InChI is InChI=1S/C22H27ClF3N5O3/c1-10-5-11(2)9-31(8-10)21-29-18-17(20(34)30-21)13(7-16(32)28-18)19(33)27-12-3-4-15(23)14(6-12)22(24,25)26/h3-4,6,10-11,13,17-18,21,29H,5,7-9H2,1-2H3,(H,27,33)(H,28,32)(H,30,34). The lowest BCUT2D eigenvalue weighted by molar-refractivity contribution is -0.148. The number of likely N-dealkylation sites (tertiary alicyclic amines) is 1. The molecule has 3 heterocycles. The molecule has 0 radical (unpaired) electrons. The molecule has 34 heavy (non-hydrogen) atoms. The van der Waals surface area contributed by atoms with Crippen molar-refractivity contribution < 1.29 is 27.6 Å². The SMILES string of the molecule is CC1CC(C)CN(C2NC(=O)C3C(NC(=O)CC3C(=O)Nc3ccc(Cl)c(C(F)(F)F)c3)N2)C1. The highest BCUT2D eigenvalue weighted by atomic mass is 35.5. The zero-order chi connectivity index (χ0) is 24.8. The molecule has 0 aliphatic carbocycles. The van der Waals surface area contributed by atoms with Crippen LogP contribution < -0.4 is 21.3 Å². The Kier molecular flexibility index (Phi) is 6.80. The van der Waals surface area contributed by atoms with Gasteiger partial charge in [0, 0.05) is 25.2 Å². The minimum atomic E-state index is -4.70. The number of hydrogen-bond donors (Lipinski definition) is 4. The summed E-state index contributed by atoms with van der Waals surface area (Å²) in [6, 6.07) is 3.01. The normalized spacial score (nSPS) is 32.4. The summed E-state index contributed by atoms with van der Waals surface area (Å²) >= 11 is 5.64. The molecule has 6 atom stereocenters. The molecule has 12 heteroatoms. The van der Waals surface area contributed by atoms with Crippen molar-refractivity contribution in [3.05, 3.63) is 28.8 Å². The Labute approximate surface area is 199 Å². The minimum absolute atomic E-state index is 0.123. The third-order valence-electron chi connectivity index (χ3n) is 6.57. The second-order valence-electron chi connectivity index (χ2n) is 9.54. The van der Waals surface area contributed by atoms with E-state index in [0.29, 0.717) is 11.8 Å². The van der Waals surface area contributed by atoms with E-state index < -0.39 is 58.8 Å². The summed E-state index contributed by atoms with van der Waals surface area (Å²) in [4.78, 5) is 40.6. The number of hydrogen-bond acceptors (Lipinski definition) is 5. The van der Waals surface area contributed by atoms with Crippen LogP contribution in [0.1, 0.15) is 32.3 Å². The number of halogens is 4. The van der Waals surface area contributed by atoms with E-state index in [1.807, 2.05) is 0 Å². The molecule has 3 saturated heterocycles. The molecule has 6 unspecified atom stereocenters. The molecular formula is C22H27ClF3N5O3. The number of nitrogens with one attached hydrogen (secondary N) is 4. The molecule has 4 rings (SSSR count). The van der Waals surface area contributed by atoms with Crippen molar-refractivity contribution in [3.8, 4) is 0 Å². The van der Waals surface area contributed by atoms with E-state index in [2.05, 4.69) is 40.0 Å². The molecule has 4 N–H and O–H groups in total. The number of anilines is 1. The van der Waals surface area contributed by atoms with Gasteiger partial charge in [-0.1, -0.05) is 25.4 Å². The minimum Gasteiger partial charge on any atom is -0.340 e. The van der Waals surface area contributed by atoms with Gasteiger partial charge in [-0.3, -0.25) is 24.6 Å².